The highest BCUT2D eigenvalue weighted by Gasteiger charge is 2.31. The highest BCUT2D eigenvalue weighted by atomic mass is 35.5. The zero-order chi connectivity index (χ0) is 10.7. The Labute approximate surface area is 97.9 Å². The highest BCUT2D eigenvalue weighted by Crippen LogP contribution is 2.27. The Morgan fingerprint density at radius 3 is 2.67 bits per heavy atom. The van der Waals surface area contributed by atoms with Crippen molar-refractivity contribution in [3.05, 3.63) is 0 Å². The van der Waals surface area contributed by atoms with Crippen LogP contribution in [0.2, 0.25) is 0 Å². The van der Waals surface area contributed by atoms with Gasteiger partial charge in [-0.1, -0.05) is 6.92 Å². The lowest BCUT2D eigenvalue weighted by Gasteiger charge is -2.31. The number of nitrogens with zero attached hydrogens (tertiary/aromatic N) is 1. The van der Waals surface area contributed by atoms with Crippen LogP contribution in [0.15, 0.2) is 0 Å². The first kappa shape index (κ1) is 11.7. The fourth-order valence-corrected chi connectivity index (χ4v) is 3.32. The first-order valence-electron chi connectivity index (χ1n) is 6.19. The van der Waals surface area contributed by atoms with Crippen LogP contribution in [0, 0.1) is 11.8 Å². The number of rotatable bonds is 3. The normalized spacial score (nSPS) is 34.8. The second kappa shape index (κ2) is 5.51. The molecule has 2 atom stereocenters. The monoisotopic (exact) mass is 231 g/mol. The fraction of sp³-hybridized carbons (Fsp3) is 1.00. The van der Waals surface area contributed by atoms with Crippen molar-refractivity contribution in [2.45, 2.75) is 32.2 Å². The van der Waals surface area contributed by atoms with Crippen LogP contribution >= 0.6 is 11.6 Å². The molecule has 2 saturated heterocycles. The Morgan fingerprint density at radius 1 is 1.27 bits per heavy atom. The number of halogens is 1. The Balaban J connectivity index is 1.82. The molecule has 2 nitrogen and oxygen atoms in total. The number of likely N-dealkylation sites (tertiary alicyclic amines) is 1. The molecule has 88 valence electrons. The van der Waals surface area contributed by atoms with Crippen LogP contribution in [0.25, 0.3) is 0 Å². The van der Waals surface area contributed by atoms with Gasteiger partial charge in [0.15, 0.2) is 0 Å². The van der Waals surface area contributed by atoms with Gasteiger partial charge in [0.05, 0.1) is 0 Å². The second-order valence-corrected chi connectivity index (χ2v) is 5.35. The van der Waals surface area contributed by atoms with Gasteiger partial charge in [-0.05, 0) is 37.6 Å². The van der Waals surface area contributed by atoms with Gasteiger partial charge in [-0.25, -0.2) is 0 Å². The first-order chi connectivity index (χ1) is 7.31. The van der Waals surface area contributed by atoms with Crippen molar-refractivity contribution in [1.82, 2.24) is 4.90 Å². The van der Waals surface area contributed by atoms with Crippen molar-refractivity contribution in [3.8, 4) is 0 Å². The van der Waals surface area contributed by atoms with Gasteiger partial charge in [-0.15, -0.1) is 11.6 Å². The number of hydrogen-bond acceptors (Lipinski definition) is 2. The van der Waals surface area contributed by atoms with E-state index in [1.54, 1.807) is 0 Å². The fourth-order valence-electron chi connectivity index (χ4n) is 2.82. The summed E-state index contributed by atoms with van der Waals surface area (Å²) in [6.07, 6.45) is 3.79. The van der Waals surface area contributed by atoms with Gasteiger partial charge in [0.1, 0.15) is 0 Å². The summed E-state index contributed by atoms with van der Waals surface area (Å²) in [5.74, 6) is 2.42. The summed E-state index contributed by atoms with van der Waals surface area (Å²) in [5, 5.41) is 0. The smallest absolute Gasteiger partial charge is 0.0469 e. The minimum absolute atomic E-state index is 0.620. The zero-order valence-electron chi connectivity index (χ0n) is 9.62. The molecule has 0 aromatic carbocycles. The molecule has 0 aliphatic carbocycles. The third-order valence-corrected chi connectivity index (χ3v) is 4.31. The maximum atomic E-state index is 6.05. The van der Waals surface area contributed by atoms with Crippen molar-refractivity contribution in [1.29, 1.82) is 0 Å². The Hall–Kier alpha value is 0.210. The minimum atomic E-state index is 0.620. The maximum absolute atomic E-state index is 6.05. The highest BCUT2D eigenvalue weighted by molar-refractivity contribution is 6.18. The Morgan fingerprint density at radius 2 is 2.00 bits per heavy atom. The molecule has 2 aliphatic rings. The Kier molecular flexibility index (Phi) is 4.30. The van der Waals surface area contributed by atoms with E-state index < -0.39 is 0 Å². The van der Waals surface area contributed by atoms with Gasteiger partial charge in [0, 0.05) is 31.7 Å². The van der Waals surface area contributed by atoms with Gasteiger partial charge in [0.25, 0.3) is 0 Å². The predicted octanol–water partition coefficient (Wildman–Crippen LogP) is 2.36. The summed E-state index contributed by atoms with van der Waals surface area (Å²) >= 11 is 6.05. The maximum Gasteiger partial charge on any atom is 0.0469 e. The van der Waals surface area contributed by atoms with Gasteiger partial charge >= 0.3 is 0 Å². The van der Waals surface area contributed by atoms with Crippen LogP contribution in [0.4, 0.5) is 0 Å². The average molecular weight is 232 g/mol. The van der Waals surface area contributed by atoms with Crippen molar-refractivity contribution in [2.75, 3.05) is 32.2 Å². The molecule has 0 aromatic rings. The molecule has 0 bridgehead atoms. The summed E-state index contributed by atoms with van der Waals surface area (Å²) in [6, 6.07) is 0.620. The molecule has 15 heavy (non-hydrogen) atoms. The lowest BCUT2D eigenvalue weighted by molar-refractivity contribution is 0.0508. The van der Waals surface area contributed by atoms with Crippen LogP contribution in [-0.2, 0) is 4.74 Å². The van der Waals surface area contributed by atoms with Crippen LogP contribution in [0.3, 0.4) is 0 Å². The van der Waals surface area contributed by atoms with Crippen molar-refractivity contribution in [2.24, 2.45) is 11.8 Å². The SMILES string of the molecule is CC1CCN(CC2CCOCC2)C1CCl. The summed E-state index contributed by atoms with van der Waals surface area (Å²) in [4.78, 5) is 2.60. The van der Waals surface area contributed by atoms with Crippen LogP contribution in [-0.4, -0.2) is 43.1 Å². The van der Waals surface area contributed by atoms with E-state index in [0.717, 1.165) is 30.9 Å². The van der Waals surface area contributed by atoms with Gasteiger partial charge in [-0.2, -0.15) is 0 Å². The summed E-state index contributed by atoms with van der Waals surface area (Å²) in [6.45, 7) is 6.73. The molecule has 0 amide bonds. The first-order valence-corrected chi connectivity index (χ1v) is 6.72. The van der Waals surface area contributed by atoms with Gasteiger partial charge in [0.2, 0.25) is 0 Å². The largest absolute Gasteiger partial charge is 0.381 e. The van der Waals surface area contributed by atoms with Crippen LogP contribution in [0.5, 0.6) is 0 Å². The minimum Gasteiger partial charge on any atom is -0.381 e. The standard InChI is InChI=1S/C12H22ClNO/c1-10-2-5-14(12(10)8-13)9-11-3-6-15-7-4-11/h10-12H,2-9H2,1H3. The lowest BCUT2D eigenvalue weighted by Crippen LogP contribution is -2.38. The van der Waals surface area contributed by atoms with E-state index in [9.17, 15) is 0 Å². The van der Waals surface area contributed by atoms with E-state index in [1.165, 1.54) is 32.4 Å². The van der Waals surface area contributed by atoms with E-state index in [1.807, 2.05) is 0 Å². The number of alkyl halides is 1. The molecule has 2 unspecified atom stereocenters. The Bertz CT molecular complexity index is 194. The zero-order valence-corrected chi connectivity index (χ0v) is 10.4. The van der Waals surface area contributed by atoms with E-state index in [-0.39, 0.29) is 0 Å². The molecule has 2 heterocycles. The van der Waals surface area contributed by atoms with Crippen LogP contribution in [0.1, 0.15) is 26.2 Å². The van der Waals surface area contributed by atoms with Crippen molar-refractivity contribution >= 4 is 11.6 Å². The van der Waals surface area contributed by atoms with Gasteiger partial charge < -0.3 is 4.74 Å². The molecule has 0 spiro atoms. The molecule has 3 heteroatoms. The molecule has 2 rings (SSSR count). The molecule has 0 saturated carbocycles. The van der Waals surface area contributed by atoms with Crippen molar-refractivity contribution < 1.29 is 4.74 Å². The van der Waals surface area contributed by atoms with E-state index in [0.29, 0.717) is 6.04 Å². The van der Waals surface area contributed by atoms with Crippen LogP contribution < -0.4 is 0 Å². The van der Waals surface area contributed by atoms with E-state index >= 15 is 0 Å². The molecule has 0 radical (unpaired) electrons. The topological polar surface area (TPSA) is 12.5 Å². The molecule has 0 N–H and O–H groups in total. The third-order valence-electron chi connectivity index (χ3n) is 3.99. The second-order valence-electron chi connectivity index (χ2n) is 5.04. The van der Waals surface area contributed by atoms with Gasteiger partial charge in [-0.3, -0.25) is 4.90 Å². The van der Waals surface area contributed by atoms with Crippen molar-refractivity contribution in [3.63, 3.8) is 0 Å². The summed E-state index contributed by atoms with van der Waals surface area (Å²) in [7, 11) is 0. The summed E-state index contributed by atoms with van der Waals surface area (Å²) < 4.78 is 5.39. The molecular formula is C12H22ClNO. The lowest BCUT2D eigenvalue weighted by atomic mass is 9.99. The average Bonchev–Trinajstić information content (AvgIpc) is 2.61. The quantitative estimate of drug-likeness (QED) is 0.692. The van der Waals surface area contributed by atoms with E-state index in [2.05, 4.69) is 11.8 Å². The molecular weight excluding hydrogens is 210 g/mol. The van der Waals surface area contributed by atoms with E-state index in [4.69, 9.17) is 16.3 Å². The summed E-state index contributed by atoms with van der Waals surface area (Å²) in [5.41, 5.74) is 0. The third kappa shape index (κ3) is 2.86. The molecule has 0 aromatic heterocycles. The number of ether oxygens (including phenoxy) is 1. The molecule has 2 fully saturated rings. The molecule has 2 aliphatic heterocycles. The number of hydrogen-bond donors (Lipinski definition) is 0. The predicted molar refractivity (Wildman–Crippen MR) is 63.4 cm³/mol.